The number of anilines is 1. The van der Waals surface area contributed by atoms with Crippen LogP contribution >= 0.6 is 11.6 Å². The zero-order valence-electron chi connectivity index (χ0n) is 11.0. The normalized spacial score (nSPS) is 15.3. The second-order valence-corrected chi connectivity index (χ2v) is 5.59. The number of methoxy groups -OCH3 is 1. The minimum Gasteiger partial charge on any atom is -0.497 e. The summed E-state index contributed by atoms with van der Waals surface area (Å²) in [4.78, 5) is 2.49. The van der Waals surface area contributed by atoms with Crippen molar-refractivity contribution in [1.82, 2.24) is 5.43 Å². The van der Waals surface area contributed by atoms with Gasteiger partial charge in [-0.3, -0.25) is 10.4 Å². The van der Waals surface area contributed by atoms with Crippen LogP contribution in [-0.2, 0) is 0 Å². The molecule has 4 nitrogen and oxygen atoms in total. The molecular formula is C12H13ClF3N3O. The fourth-order valence-electron chi connectivity index (χ4n) is 1.76. The van der Waals surface area contributed by atoms with E-state index in [1.54, 1.807) is 26.0 Å². The summed E-state index contributed by atoms with van der Waals surface area (Å²) in [5.41, 5.74) is 2.80. The molecule has 0 fully saturated rings. The number of benzene rings is 1. The van der Waals surface area contributed by atoms with Gasteiger partial charge < -0.3 is 4.74 Å². The summed E-state index contributed by atoms with van der Waals surface area (Å²) >= 11 is 6.15. The number of hydrogen-bond acceptors (Lipinski definition) is 4. The first kappa shape index (κ1) is 14.8. The molecule has 1 aliphatic heterocycles. The molecule has 0 radical (unpaired) electrons. The van der Waals surface area contributed by atoms with Gasteiger partial charge in [0.2, 0.25) is 5.84 Å². The molecule has 0 saturated heterocycles. The van der Waals surface area contributed by atoms with Crippen LogP contribution in [0.4, 0.5) is 24.5 Å². The molecule has 0 aliphatic carbocycles. The van der Waals surface area contributed by atoms with E-state index >= 15 is 0 Å². The predicted octanol–water partition coefficient (Wildman–Crippen LogP) is 3.59. The number of nitrogens with zero attached hydrogens (tertiary/aromatic N) is 2. The summed E-state index contributed by atoms with van der Waals surface area (Å²) in [6.45, 7) is 3.15. The average Bonchev–Trinajstić information content (AvgIpc) is 2.34. The predicted molar refractivity (Wildman–Crippen MR) is 71.7 cm³/mol. The Hall–Kier alpha value is -1.63. The summed E-state index contributed by atoms with van der Waals surface area (Å²) < 4.78 is 43.6. The highest BCUT2D eigenvalue weighted by Gasteiger charge is 2.42. The maximum absolute atomic E-state index is 12.9. The van der Waals surface area contributed by atoms with E-state index in [0.29, 0.717) is 11.4 Å². The third-order valence-corrected chi connectivity index (χ3v) is 2.84. The van der Waals surface area contributed by atoms with Crippen molar-refractivity contribution in [3.05, 3.63) is 18.2 Å². The van der Waals surface area contributed by atoms with E-state index in [2.05, 4.69) is 10.4 Å². The molecule has 8 heteroatoms. The summed E-state index contributed by atoms with van der Waals surface area (Å²) in [5, 5.41) is 1.21. The fraction of sp³-hybridized carbons (Fsp3) is 0.417. The smallest absolute Gasteiger partial charge is 0.450 e. The lowest BCUT2D eigenvalue weighted by atomic mass is 10.2. The van der Waals surface area contributed by atoms with Crippen LogP contribution in [0, 0.1) is 0 Å². The van der Waals surface area contributed by atoms with Crippen molar-refractivity contribution in [3.63, 3.8) is 0 Å². The van der Waals surface area contributed by atoms with E-state index in [1.807, 2.05) is 0 Å². The number of hydrogen-bond donors (Lipinski definition) is 1. The van der Waals surface area contributed by atoms with Gasteiger partial charge in [0, 0.05) is 6.07 Å². The van der Waals surface area contributed by atoms with Crippen LogP contribution in [-0.4, -0.2) is 24.1 Å². The highest BCUT2D eigenvalue weighted by Crippen LogP contribution is 2.40. The van der Waals surface area contributed by atoms with Gasteiger partial charge >= 0.3 is 6.18 Å². The average molecular weight is 308 g/mol. The molecule has 20 heavy (non-hydrogen) atoms. The van der Waals surface area contributed by atoms with Crippen LogP contribution in [0.25, 0.3) is 0 Å². The summed E-state index contributed by atoms with van der Waals surface area (Å²) in [5.74, 6) is -0.606. The molecule has 1 heterocycles. The van der Waals surface area contributed by atoms with Crippen molar-refractivity contribution >= 4 is 28.8 Å². The molecule has 0 bridgehead atoms. The maximum atomic E-state index is 12.9. The maximum Gasteiger partial charge on any atom is 0.450 e. The van der Waals surface area contributed by atoms with Gasteiger partial charge in [-0.25, -0.2) is 4.99 Å². The Kier molecular flexibility index (Phi) is 3.49. The molecule has 1 aromatic carbocycles. The number of rotatable bonds is 2. The number of nitrogens with one attached hydrogen (secondary N) is 1. The monoisotopic (exact) mass is 307 g/mol. The lowest BCUT2D eigenvalue weighted by Gasteiger charge is -2.39. The fourth-order valence-corrected chi connectivity index (χ4v) is 1.89. The molecule has 1 aliphatic rings. The number of aliphatic imine (C=N–C) groups is 1. The Morgan fingerprint density at radius 3 is 2.45 bits per heavy atom. The second-order valence-electron chi connectivity index (χ2n) is 4.67. The number of fused-ring (bicyclic) bond motifs is 1. The highest BCUT2D eigenvalue weighted by atomic mass is 35.5. The molecule has 0 spiro atoms. The van der Waals surface area contributed by atoms with Crippen LogP contribution in [0.3, 0.4) is 0 Å². The van der Waals surface area contributed by atoms with Crippen LogP contribution < -0.4 is 15.2 Å². The number of ether oxygens (including phenoxy) is 1. The molecule has 110 valence electrons. The Morgan fingerprint density at radius 1 is 1.30 bits per heavy atom. The quantitative estimate of drug-likeness (QED) is 0.670. The van der Waals surface area contributed by atoms with Crippen molar-refractivity contribution < 1.29 is 17.9 Å². The molecule has 1 N–H and O–H groups in total. The van der Waals surface area contributed by atoms with Crippen molar-refractivity contribution in [2.24, 2.45) is 4.99 Å². The van der Waals surface area contributed by atoms with Gasteiger partial charge in [0.15, 0.2) is 0 Å². The third-order valence-electron chi connectivity index (χ3n) is 2.67. The number of halogens is 4. The van der Waals surface area contributed by atoms with E-state index < -0.39 is 17.0 Å². The lowest BCUT2D eigenvalue weighted by Crippen LogP contribution is -2.56. The zero-order chi connectivity index (χ0) is 15.1. The number of amidine groups is 1. The number of alkyl halides is 4. The SMILES string of the molecule is COc1ccc2c(c1)N(C(C)(C)Cl)NC(C(F)(F)F)=N2. The van der Waals surface area contributed by atoms with Crippen LogP contribution in [0.15, 0.2) is 23.2 Å². The molecule has 0 atom stereocenters. The van der Waals surface area contributed by atoms with E-state index in [0.717, 1.165) is 0 Å². The van der Waals surface area contributed by atoms with Gasteiger partial charge in [0.1, 0.15) is 10.7 Å². The molecule has 1 aromatic rings. The van der Waals surface area contributed by atoms with Gasteiger partial charge in [0.05, 0.1) is 18.5 Å². The first-order chi connectivity index (χ1) is 9.13. The van der Waals surface area contributed by atoms with Crippen molar-refractivity contribution in [2.75, 3.05) is 12.1 Å². The first-order valence-corrected chi connectivity index (χ1v) is 6.10. The van der Waals surface area contributed by atoms with Gasteiger partial charge in [-0.05, 0) is 26.0 Å². The Morgan fingerprint density at radius 2 is 1.95 bits per heavy atom. The molecule has 0 unspecified atom stereocenters. The molecule has 0 aromatic heterocycles. The molecular weight excluding hydrogens is 295 g/mol. The van der Waals surface area contributed by atoms with Crippen molar-refractivity contribution in [1.29, 1.82) is 0 Å². The number of hydrazine groups is 1. The van der Waals surface area contributed by atoms with Crippen LogP contribution in [0.5, 0.6) is 5.75 Å². The minimum absolute atomic E-state index is 0.172. The Balaban J connectivity index is 2.57. The first-order valence-electron chi connectivity index (χ1n) is 5.72. The van der Waals surface area contributed by atoms with Crippen LogP contribution in [0.1, 0.15) is 13.8 Å². The molecule has 0 amide bonds. The molecule has 0 saturated carbocycles. The summed E-state index contributed by atoms with van der Waals surface area (Å²) in [6.07, 6.45) is -4.59. The Labute approximate surface area is 119 Å². The third kappa shape index (κ3) is 2.77. The van der Waals surface area contributed by atoms with Gasteiger partial charge in [0.25, 0.3) is 0 Å². The lowest BCUT2D eigenvalue weighted by molar-refractivity contribution is -0.0621. The second kappa shape index (κ2) is 4.73. The van der Waals surface area contributed by atoms with E-state index in [4.69, 9.17) is 16.3 Å². The van der Waals surface area contributed by atoms with E-state index in [1.165, 1.54) is 18.2 Å². The van der Waals surface area contributed by atoms with Gasteiger partial charge in [-0.2, -0.15) is 13.2 Å². The summed E-state index contributed by atoms with van der Waals surface area (Å²) in [6, 6.07) is 4.57. The topological polar surface area (TPSA) is 36.9 Å². The van der Waals surface area contributed by atoms with Crippen LogP contribution in [0.2, 0.25) is 0 Å². The van der Waals surface area contributed by atoms with E-state index in [9.17, 15) is 13.2 Å². The largest absolute Gasteiger partial charge is 0.497 e. The van der Waals surface area contributed by atoms with Gasteiger partial charge in [-0.15, -0.1) is 0 Å². The highest BCUT2D eigenvalue weighted by molar-refractivity contribution is 6.25. The van der Waals surface area contributed by atoms with E-state index in [-0.39, 0.29) is 5.69 Å². The van der Waals surface area contributed by atoms with Gasteiger partial charge in [-0.1, -0.05) is 11.6 Å². The molecule has 2 rings (SSSR count). The Bertz CT molecular complexity index is 552. The zero-order valence-corrected chi connectivity index (χ0v) is 11.8. The standard InChI is InChI=1S/C12H13ClF3N3O/c1-11(2,13)19-9-6-7(20-3)4-5-8(9)17-10(18-19)12(14,15)16/h4-6H,1-3H3,(H,17,18). The van der Waals surface area contributed by atoms with Crippen molar-refractivity contribution in [2.45, 2.75) is 25.0 Å². The summed E-state index contributed by atoms with van der Waals surface area (Å²) in [7, 11) is 1.47. The van der Waals surface area contributed by atoms with Crippen molar-refractivity contribution in [3.8, 4) is 5.75 Å². The minimum atomic E-state index is -4.59.